The van der Waals surface area contributed by atoms with Crippen molar-refractivity contribution in [1.29, 1.82) is 0 Å². The van der Waals surface area contributed by atoms with E-state index in [1.165, 1.54) is 13.1 Å². The molecule has 6 heteroatoms. The van der Waals surface area contributed by atoms with Crippen LogP contribution in [0.25, 0.3) is 0 Å². The number of aryl methyl sites for hydroxylation is 1. The van der Waals surface area contributed by atoms with Gasteiger partial charge in [-0.2, -0.15) is 0 Å². The Hall–Kier alpha value is -1.66. The Bertz CT molecular complexity index is 418. The summed E-state index contributed by atoms with van der Waals surface area (Å²) in [6.07, 6.45) is 1.26. The highest BCUT2D eigenvalue weighted by Gasteiger charge is 2.20. The maximum Gasteiger partial charge on any atom is 0.339 e. The van der Waals surface area contributed by atoms with Gasteiger partial charge in [-0.05, 0) is 19.9 Å². The second-order valence-electron chi connectivity index (χ2n) is 4.19. The Labute approximate surface area is 98.9 Å². The minimum atomic E-state index is -1.30. The zero-order valence-electron chi connectivity index (χ0n) is 9.77. The Kier molecular flexibility index (Phi) is 4.03. The van der Waals surface area contributed by atoms with Crippen LogP contribution in [0, 0.1) is 6.92 Å². The van der Waals surface area contributed by atoms with E-state index in [-0.39, 0.29) is 12.1 Å². The number of nitrogens with one attached hydrogen (secondary N) is 1. The first-order chi connectivity index (χ1) is 7.85. The number of carboxylic acids is 1. The lowest BCUT2D eigenvalue weighted by molar-refractivity contribution is 0.0132. The molecule has 94 valence electrons. The van der Waals surface area contributed by atoms with Gasteiger partial charge in [-0.25, -0.2) is 4.79 Å². The summed E-state index contributed by atoms with van der Waals surface area (Å²) in [7, 11) is 0. The molecular formula is C11H16N2O4. The topological polar surface area (TPSA) is 103 Å². The minimum absolute atomic E-state index is 0.0318. The molecule has 1 rings (SSSR count). The average molecular weight is 240 g/mol. The molecular weight excluding hydrogens is 224 g/mol. The number of aromatic carboxylic acids is 1. The number of carboxylic acid groups (broad SMARTS) is 1. The van der Waals surface area contributed by atoms with Crippen molar-refractivity contribution in [2.24, 2.45) is 0 Å². The molecule has 0 aromatic carbocycles. The van der Waals surface area contributed by atoms with Gasteiger partial charge in [0.15, 0.2) is 0 Å². The molecule has 0 aliphatic rings. The molecule has 0 fully saturated rings. The van der Waals surface area contributed by atoms with Crippen LogP contribution in [-0.2, 0) is 0 Å². The minimum Gasteiger partial charge on any atom is -0.478 e. The van der Waals surface area contributed by atoms with Gasteiger partial charge in [0.05, 0.1) is 12.3 Å². The predicted molar refractivity (Wildman–Crippen MR) is 62.1 cm³/mol. The predicted octanol–water partition coefficient (Wildman–Crippen LogP) is 0.243. The summed E-state index contributed by atoms with van der Waals surface area (Å²) in [6, 6.07) is 1.58. The van der Waals surface area contributed by atoms with Gasteiger partial charge in [-0.1, -0.05) is 0 Å². The van der Waals surface area contributed by atoms with E-state index in [1.807, 2.05) is 0 Å². The fourth-order valence-electron chi connectivity index (χ4n) is 1.22. The molecule has 0 aliphatic carbocycles. The van der Waals surface area contributed by atoms with E-state index in [9.17, 15) is 9.90 Å². The number of aliphatic hydroxyl groups is 2. The van der Waals surface area contributed by atoms with Crippen molar-refractivity contribution < 1.29 is 20.1 Å². The third kappa shape index (κ3) is 3.69. The Morgan fingerprint density at radius 2 is 2.24 bits per heavy atom. The standard InChI is InChI=1S/C11H16N2O4/c1-7-3-9(8(4-12-7)10(15)16)13-5-11(2,17)6-14/h3-4,14,17H,5-6H2,1-2H3,(H,12,13)(H,15,16). The molecule has 1 aromatic rings. The number of hydrogen-bond acceptors (Lipinski definition) is 5. The molecule has 1 heterocycles. The van der Waals surface area contributed by atoms with Crippen LogP contribution in [0.5, 0.6) is 0 Å². The van der Waals surface area contributed by atoms with E-state index in [1.54, 1.807) is 13.0 Å². The lowest BCUT2D eigenvalue weighted by Gasteiger charge is -2.22. The lowest BCUT2D eigenvalue weighted by Crippen LogP contribution is -2.37. The van der Waals surface area contributed by atoms with Crippen LogP contribution in [-0.4, -0.2) is 45.0 Å². The van der Waals surface area contributed by atoms with Crippen molar-refractivity contribution in [2.45, 2.75) is 19.4 Å². The number of pyridine rings is 1. The molecule has 0 saturated carbocycles. The van der Waals surface area contributed by atoms with E-state index in [2.05, 4.69) is 10.3 Å². The molecule has 0 aliphatic heterocycles. The monoisotopic (exact) mass is 240 g/mol. The lowest BCUT2D eigenvalue weighted by atomic mass is 10.1. The molecule has 6 nitrogen and oxygen atoms in total. The number of hydrogen-bond donors (Lipinski definition) is 4. The zero-order chi connectivity index (χ0) is 13.1. The van der Waals surface area contributed by atoms with Crippen LogP contribution in [0.1, 0.15) is 23.0 Å². The van der Waals surface area contributed by atoms with Gasteiger partial charge >= 0.3 is 5.97 Å². The summed E-state index contributed by atoms with van der Waals surface area (Å²) in [5.74, 6) is -1.09. The van der Waals surface area contributed by atoms with Gasteiger partial charge in [0.2, 0.25) is 0 Å². The molecule has 1 unspecified atom stereocenters. The first-order valence-corrected chi connectivity index (χ1v) is 5.13. The second-order valence-corrected chi connectivity index (χ2v) is 4.19. The molecule has 0 spiro atoms. The molecule has 0 radical (unpaired) electrons. The van der Waals surface area contributed by atoms with Crippen molar-refractivity contribution in [3.63, 3.8) is 0 Å². The van der Waals surface area contributed by atoms with Crippen LogP contribution in [0.15, 0.2) is 12.3 Å². The zero-order valence-corrected chi connectivity index (χ0v) is 9.77. The van der Waals surface area contributed by atoms with Crippen LogP contribution >= 0.6 is 0 Å². The summed E-state index contributed by atoms with van der Waals surface area (Å²) in [6.45, 7) is 2.83. The molecule has 0 amide bonds. The SMILES string of the molecule is Cc1cc(NCC(C)(O)CO)c(C(=O)O)cn1. The summed E-state index contributed by atoms with van der Waals surface area (Å²) in [5, 5.41) is 30.2. The largest absolute Gasteiger partial charge is 0.478 e. The van der Waals surface area contributed by atoms with Crippen molar-refractivity contribution in [2.75, 3.05) is 18.5 Å². The molecule has 4 N–H and O–H groups in total. The molecule has 1 aromatic heterocycles. The maximum atomic E-state index is 10.9. The first kappa shape index (κ1) is 13.4. The summed E-state index contributed by atoms with van der Waals surface area (Å²) in [4.78, 5) is 14.8. The van der Waals surface area contributed by atoms with Gasteiger partial charge in [-0.15, -0.1) is 0 Å². The molecule has 1 atom stereocenters. The molecule has 0 saturated heterocycles. The van der Waals surface area contributed by atoms with Crippen molar-refractivity contribution in [3.05, 3.63) is 23.5 Å². The third-order valence-electron chi connectivity index (χ3n) is 2.27. The van der Waals surface area contributed by atoms with Crippen LogP contribution in [0.4, 0.5) is 5.69 Å². The first-order valence-electron chi connectivity index (χ1n) is 5.13. The Morgan fingerprint density at radius 3 is 2.76 bits per heavy atom. The average Bonchev–Trinajstić information content (AvgIpc) is 2.26. The fourth-order valence-corrected chi connectivity index (χ4v) is 1.22. The second kappa shape index (κ2) is 5.11. The highest BCUT2D eigenvalue weighted by molar-refractivity contribution is 5.93. The highest BCUT2D eigenvalue weighted by Crippen LogP contribution is 2.16. The van der Waals surface area contributed by atoms with Crippen LogP contribution in [0.3, 0.4) is 0 Å². The van der Waals surface area contributed by atoms with Gasteiger partial charge in [0.25, 0.3) is 0 Å². The number of anilines is 1. The van der Waals surface area contributed by atoms with Gasteiger partial charge in [0.1, 0.15) is 11.2 Å². The number of aliphatic hydroxyl groups excluding tert-OH is 1. The van der Waals surface area contributed by atoms with E-state index < -0.39 is 18.2 Å². The number of carbonyl (C=O) groups is 1. The quantitative estimate of drug-likeness (QED) is 0.588. The number of aromatic nitrogens is 1. The smallest absolute Gasteiger partial charge is 0.339 e. The summed E-state index contributed by atoms with van der Waals surface area (Å²) in [5.41, 5.74) is -0.225. The van der Waals surface area contributed by atoms with Crippen LogP contribution < -0.4 is 5.32 Å². The highest BCUT2D eigenvalue weighted by atomic mass is 16.4. The number of rotatable bonds is 5. The van der Waals surface area contributed by atoms with Crippen molar-refractivity contribution in [3.8, 4) is 0 Å². The van der Waals surface area contributed by atoms with E-state index in [0.717, 1.165) is 0 Å². The van der Waals surface area contributed by atoms with Crippen molar-refractivity contribution >= 4 is 11.7 Å². The fraction of sp³-hybridized carbons (Fsp3) is 0.455. The van der Waals surface area contributed by atoms with Crippen molar-refractivity contribution in [1.82, 2.24) is 4.98 Å². The van der Waals surface area contributed by atoms with E-state index >= 15 is 0 Å². The van der Waals surface area contributed by atoms with Gasteiger partial charge < -0.3 is 20.6 Å². The van der Waals surface area contributed by atoms with E-state index in [0.29, 0.717) is 11.4 Å². The number of nitrogens with zero attached hydrogens (tertiary/aromatic N) is 1. The maximum absolute atomic E-state index is 10.9. The Balaban J connectivity index is 2.89. The van der Waals surface area contributed by atoms with Crippen LogP contribution in [0.2, 0.25) is 0 Å². The molecule has 17 heavy (non-hydrogen) atoms. The normalized spacial score (nSPS) is 14.1. The van der Waals surface area contributed by atoms with Gasteiger partial charge in [0, 0.05) is 18.4 Å². The Morgan fingerprint density at radius 1 is 1.59 bits per heavy atom. The summed E-state index contributed by atoms with van der Waals surface area (Å²) < 4.78 is 0. The van der Waals surface area contributed by atoms with E-state index in [4.69, 9.17) is 10.2 Å². The third-order valence-corrected chi connectivity index (χ3v) is 2.27. The summed E-state index contributed by atoms with van der Waals surface area (Å²) >= 11 is 0. The van der Waals surface area contributed by atoms with Gasteiger partial charge in [-0.3, -0.25) is 4.98 Å². The molecule has 0 bridgehead atoms.